The van der Waals surface area contributed by atoms with Crippen molar-refractivity contribution in [3.8, 4) is 0 Å². The molecule has 2 rings (SSSR count). The highest BCUT2D eigenvalue weighted by atomic mass is 32.2. The molecule has 2 heterocycles. The van der Waals surface area contributed by atoms with Crippen LogP contribution in [0.25, 0.3) is 0 Å². The van der Waals surface area contributed by atoms with E-state index in [2.05, 4.69) is 15.6 Å². The van der Waals surface area contributed by atoms with Gasteiger partial charge in [0.2, 0.25) is 5.91 Å². The molecular weight excluding hydrogens is 244 g/mol. The molecule has 0 aliphatic carbocycles. The van der Waals surface area contributed by atoms with Crippen LogP contribution in [0.3, 0.4) is 0 Å². The van der Waals surface area contributed by atoms with Crippen LogP contribution in [0.4, 0.5) is 0 Å². The Labute approximate surface area is 99.1 Å². The van der Waals surface area contributed by atoms with Gasteiger partial charge in [-0.05, 0) is 18.8 Å². The van der Waals surface area contributed by atoms with Crippen LogP contribution in [0.1, 0.15) is 19.3 Å². The highest BCUT2D eigenvalue weighted by molar-refractivity contribution is 7.91. The van der Waals surface area contributed by atoms with Crippen molar-refractivity contribution in [3.05, 3.63) is 12.7 Å². The molecule has 1 saturated heterocycles. The van der Waals surface area contributed by atoms with Gasteiger partial charge in [-0.3, -0.25) is 10.2 Å². The van der Waals surface area contributed by atoms with E-state index in [-0.39, 0.29) is 23.3 Å². The number of nitrogens with one attached hydrogen (secondary N) is 1. The van der Waals surface area contributed by atoms with E-state index in [9.17, 15) is 13.2 Å². The van der Waals surface area contributed by atoms with Crippen molar-refractivity contribution in [1.82, 2.24) is 14.9 Å². The third-order valence-electron chi connectivity index (χ3n) is 2.82. The third-order valence-corrected chi connectivity index (χ3v) is 4.54. The van der Waals surface area contributed by atoms with Gasteiger partial charge in [0.05, 0.1) is 11.5 Å². The Hall–Kier alpha value is -1.44. The monoisotopic (exact) mass is 258 g/mol. The van der Waals surface area contributed by atoms with Crippen molar-refractivity contribution in [1.29, 1.82) is 0 Å². The van der Waals surface area contributed by atoms with Gasteiger partial charge in [0, 0.05) is 6.42 Å². The summed E-state index contributed by atoms with van der Waals surface area (Å²) >= 11 is 0. The predicted molar refractivity (Wildman–Crippen MR) is 60.4 cm³/mol. The first-order valence-corrected chi connectivity index (χ1v) is 7.22. The maximum atomic E-state index is 11.6. The molecule has 0 saturated carbocycles. The molecule has 0 atom stereocenters. The third kappa shape index (κ3) is 3.52. The van der Waals surface area contributed by atoms with Crippen molar-refractivity contribution in [2.45, 2.75) is 19.3 Å². The number of hydrogen-bond acceptors (Lipinski definition) is 5. The van der Waals surface area contributed by atoms with Crippen LogP contribution in [0, 0.1) is 5.92 Å². The summed E-state index contributed by atoms with van der Waals surface area (Å²) in [6.45, 7) is 0. The molecule has 0 radical (unpaired) electrons. The highest BCUT2D eigenvalue weighted by Crippen LogP contribution is 2.21. The maximum absolute atomic E-state index is 11.6. The lowest BCUT2D eigenvalue weighted by atomic mass is 9.99. The number of nitrogens with zero attached hydrogens (tertiary/aromatic N) is 3. The van der Waals surface area contributed by atoms with E-state index in [4.69, 9.17) is 0 Å². The molecule has 7 nitrogen and oxygen atoms in total. The molecule has 1 aliphatic heterocycles. The average Bonchev–Trinajstić information content (AvgIpc) is 2.74. The SMILES string of the molecule is O=C(CC1CCS(=O)(=O)CC1)Nn1cnnc1. The molecular formula is C9H14N4O3S. The number of carbonyl (C=O) groups excluding carboxylic acids is 1. The smallest absolute Gasteiger partial charge is 0.239 e. The molecule has 1 aliphatic rings. The second-order valence-corrected chi connectivity index (χ2v) is 6.51. The summed E-state index contributed by atoms with van der Waals surface area (Å²) in [6.07, 6.45) is 4.26. The standard InChI is InChI=1S/C9H14N4O3S/c14-9(12-13-6-10-11-7-13)5-8-1-3-17(15,16)4-2-8/h6-8H,1-5H2,(H,12,14). The van der Waals surface area contributed by atoms with Crippen LogP contribution in [0.2, 0.25) is 0 Å². The van der Waals surface area contributed by atoms with Crippen molar-refractivity contribution in [3.63, 3.8) is 0 Å². The van der Waals surface area contributed by atoms with E-state index in [0.29, 0.717) is 19.3 Å². The number of amides is 1. The molecule has 1 aromatic rings. The first-order chi connectivity index (χ1) is 8.05. The number of sulfone groups is 1. The minimum absolute atomic E-state index is 0.144. The molecule has 94 valence electrons. The van der Waals surface area contributed by atoms with Crippen LogP contribution in [0.5, 0.6) is 0 Å². The van der Waals surface area contributed by atoms with Gasteiger partial charge in [-0.15, -0.1) is 10.2 Å². The Morgan fingerprint density at radius 2 is 1.88 bits per heavy atom. The molecule has 8 heteroatoms. The van der Waals surface area contributed by atoms with Crippen LogP contribution in [-0.4, -0.2) is 40.7 Å². The van der Waals surface area contributed by atoms with Gasteiger partial charge in [0.1, 0.15) is 22.5 Å². The van der Waals surface area contributed by atoms with Crippen LogP contribution in [-0.2, 0) is 14.6 Å². The number of hydrogen-bond donors (Lipinski definition) is 1. The molecule has 1 fully saturated rings. The highest BCUT2D eigenvalue weighted by Gasteiger charge is 2.25. The fourth-order valence-corrected chi connectivity index (χ4v) is 3.44. The van der Waals surface area contributed by atoms with Crippen molar-refractivity contribution >= 4 is 15.7 Å². The van der Waals surface area contributed by atoms with Crippen LogP contribution in [0.15, 0.2) is 12.7 Å². The fourth-order valence-electron chi connectivity index (χ4n) is 1.85. The Bertz CT molecular complexity index is 468. The molecule has 1 aromatic heterocycles. The van der Waals surface area contributed by atoms with Gasteiger partial charge in [-0.2, -0.15) is 0 Å². The van der Waals surface area contributed by atoms with E-state index in [1.54, 1.807) is 0 Å². The molecule has 0 spiro atoms. The minimum Gasteiger partial charge on any atom is -0.273 e. The second-order valence-electron chi connectivity index (χ2n) is 4.20. The summed E-state index contributed by atoms with van der Waals surface area (Å²) in [6, 6.07) is 0. The second kappa shape index (κ2) is 4.82. The van der Waals surface area contributed by atoms with Crippen LogP contribution < -0.4 is 5.43 Å². The normalized spacial score (nSPS) is 20.0. The fraction of sp³-hybridized carbons (Fsp3) is 0.667. The molecule has 1 amide bonds. The number of carbonyl (C=O) groups is 1. The molecule has 0 unspecified atom stereocenters. The van der Waals surface area contributed by atoms with Gasteiger partial charge in [0.25, 0.3) is 0 Å². The lowest BCUT2D eigenvalue weighted by Crippen LogP contribution is -2.29. The molecule has 17 heavy (non-hydrogen) atoms. The number of aromatic nitrogens is 3. The van der Waals surface area contributed by atoms with Gasteiger partial charge in [-0.1, -0.05) is 0 Å². The van der Waals surface area contributed by atoms with E-state index < -0.39 is 9.84 Å². The molecule has 0 aromatic carbocycles. The summed E-state index contributed by atoms with van der Waals surface area (Å²) in [5.74, 6) is 0.388. The van der Waals surface area contributed by atoms with E-state index in [1.165, 1.54) is 17.3 Å². The molecule has 1 N–H and O–H groups in total. The maximum Gasteiger partial charge on any atom is 0.239 e. The summed E-state index contributed by atoms with van der Waals surface area (Å²) in [4.78, 5) is 11.6. The quantitative estimate of drug-likeness (QED) is 0.793. The van der Waals surface area contributed by atoms with E-state index >= 15 is 0 Å². The Balaban J connectivity index is 1.80. The minimum atomic E-state index is -2.86. The van der Waals surface area contributed by atoms with Crippen molar-refractivity contribution < 1.29 is 13.2 Å². The van der Waals surface area contributed by atoms with E-state index in [1.807, 2.05) is 0 Å². The topological polar surface area (TPSA) is 94.0 Å². The lowest BCUT2D eigenvalue weighted by Gasteiger charge is -2.21. The van der Waals surface area contributed by atoms with Gasteiger partial charge in [-0.25, -0.2) is 13.1 Å². The summed E-state index contributed by atoms with van der Waals surface area (Å²) in [5, 5.41) is 7.12. The predicted octanol–water partition coefficient (Wildman–Crippen LogP) is -0.437. The van der Waals surface area contributed by atoms with E-state index in [0.717, 1.165) is 0 Å². The largest absolute Gasteiger partial charge is 0.273 e. The summed E-state index contributed by atoms with van der Waals surface area (Å²) < 4.78 is 23.8. The summed E-state index contributed by atoms with van der Waals surface area (Å²) in [5.41, 5.74) is 2.59. The van der Waals surface area contributed by atoms with Gasteiger partial charge < -0.3 is 0 Å². The first-order valence-electron chi connectivity index (χ1n) is 5.40. The lowest BCUT2D eigenvalue weighted by molar-refractivity contribution is -0.118. The Morgan fingerprint density at radius 3 is 2.47 bits per heavy atom. The molecule has 0 bridgehead atoms. The van der Waals surface area contributed by atoms with Gasteiger partial charge in [0.15, 0.2) is 0 Å². The first kappa shape index (κ1) is 12.0. The zero-order valence-electron chi connectivity index (χ0n) is 9.24. The van der Waals surface area contributed by atoms with Crippen molar-refractivity contribution in [2.75, 3.05) is 16.9 Å². The zero-order chi connectivity index (χ0) is 12.3. The Kier molecular flexibility index (Phi) is 3.41. The average molecular weight is 258 g/mol. The number of rotatable bonds is 3. The zero-order valence-corrected chi connectivity index (χ0v) is 10.1. The van der Waals surface area contributed by atoms with Gasteiger partial charge >= 0.3 is 0 Å². The Morgan fingerprint density at radius 1 is 1.29 bits per heavy atom. The van der Waals surface area contributed by atoms with Crippen molar-refractivity contribution in [2.24, 2.45) is 5.92 Å². The summed E-state index contributed by atoms with van der Waals surface area (Å²) in [7, 11) is -2.86. The van der Waals surface area contributed by atoms with Crippen LogP contribution >= 0.6 is 0 Å².